The van der Waals surface area contributed by atoms with Crippen LogP contribution in [0.3, 0.4) is 0 Å². The molecule has 3 heterocycles. The van der Waals surface area contributed by atoms with Gasteiger partial charge in [0.25, 0.3) is 0 Å². The number of hydrogen-bond donors (Lipinski definition) is 1. The third-order valence-corrected chi connectivity index (χ3v) is 6.77. The van der Waals surface area contributed by atoms with E-state index in [4.69, 9.17) is 14.0 Å². The molecule has 1 amide bonds. The minimum absolute atomic E-state index is 0.0160. The van der Waals surface area contributed by atoms with E-state index in [1.165, 1.54) is 16.4 Å². The molecule has 11 heteroatoms. The predicted molar refractivity (Wildman–Crippen MR) is 101 cm³/mol. The summed E-state index contributed by atoms with van der Waals surface area (Å²) in [4.78, 5) is 16.4. The van der Waals surface area contributed by atoms with Crippen molar-refractivity contribution in [3.8, 4) is 11.4 Å². The van der Waals surface area contributed by atoms with Crippen LogP contribution in [0.2, 0.25) is 0 Å². The summed E-state index contributed by atoms with van der Waals surface area (Å²) in [5.41, 5.74) is 0.549. The average molecular weight is 422 g/mol. The summed E-state index contributed by atoms with van der Waals surface area (Å²) in [6, 6.07) is 6.17. The standard InChI is InChI=1S/C18H22N4O6S/c23-17(19-12-14-2-1-9-27-14)18-20-16(21-28-18)13-3-5-15(6-4-13)29(24,25)22-7-10-26-11-8-22/h3-6,14H,1-2,7-12H2,(H,19,23)/t14-/m1/s1. The lowest BCUT2D eigenvalue weighted by molar-refractivity contribution is 0.0730. The van der Waals surface area contributed by atoms with Gasteiger partial charge in [0, 0.05) is 31.8 Å². The molecule has 29 heavy (non-hydrogen) atoms. The number of carbonyl (C=O) groups is 1. The Bertz CT molecular complexity index is 947. The number of rotatable bonds is 6. The molecular formula is C18H22N4O6S. The van der Waals surface area contributed by atoms with Crippen molar-refractivity contribution in [3.63, 3.8) is 0 Å². The number of nitrogens with zero attached hydrogens (tertiary/aromatic N) is 3. The number of morpholine rings is 1. The number of sulfonamides is 1. The summed E-state index contributed by atoms with van der Waals surface area (Å²) in [7, 11) is -3.57. The van der Waals surface area contributed by atoms with Gasteiger partial charge in [-0.3, -0.25) is 4.79 Å². The molecule has 0 bridgehead atoms. The topological polar surface area (TPSA) is 124 Å². The van der Waals surface area contributed by atoms with Crippen LogP contribution in [0.5, 0.6) is 0 Å². The van der Waals surface area contributed by atoms with Gasteiger partial charge in [0.1, 0.15) is 0 Å². The van der Waals surface area contributed by atoms with Gasteiger partial charge >= 0.3 is 11.8 Å². The van der Waals surface area contributed by atoms with Crippen LogP contribution < -0.4 is 5.32 Å². The van der Waals surface area contributed by atoms with Crippen molar-refractivity contribution in [2.75, 3.05) is 39.5 Å². The molecule has 0 unspecified atom stereocenters. The second-order valence-electron chi connectivity index (χ2n) is 6.81. The number of aromatic nitrogens is 2. The molecule has 1 atom stereocenters. The Morgan fingerprint density at radius 1 is 1.17 bits per heavy atom. The van der Waals surface area contributed by atoms with Crippen molar-refractivity contribution in [1.82, 2.24) is 19.8 Å². The molecule has 1 N–H and O–H groups in total. The molecule has 0 aliphatic carbocycles. The van der Waals surface area contributed by atoms with Crippen LogP contribution in [-0.2, 0) is 19.5 Å². The summed E-state index contributed by atoms with van der Waals surface area (Å²) in [6.45, 7) is 2.54. The van der Waals surface area contributed by atoms with E-state index in [1.54, 1.807) is 12.1 Å². The molecule has 2 saturated heterocycles. The largest absolute Gasteiger partial charge is 0.379 e. The zero-order chi connectivity index (χ0) is 20.3. The quantitative estimate of drug-likeness (QED) is 0.720. The first kappa shape index (κ1) is 20.0. The highest BCUT2D eigenvalue weighted by Crippen LogP contribution is 2.22. The lowest BCUT2D eigenvalue weighted by Crippen LogP contribution is -2.40. The fraction of sp³-hybridized carbons (Fsp3) is 0.500. The maximum atomic E-state index is 12.7. The van der Waals surface area contributed by atoms with Crippen LogP contribution in [0.15, 0.2) is 33.7 Å². The van der Waals surface area contributed by atoms with Crippen molar-refractivity contribution >= 4 is 15.9 Å². The van der Waals surface area contributed by atoms with Crippen molar-refractivity contribution in [1.29, 1.82) is 0 Å². The van der Waals surface area contributed by atoms with E-state index in [1.807, 2.05) is 0 Å². The third-order valence-electron chi connectivity index (χ3n) is 4.85. The smallest absolute Gasteiger partial charge is 0.316 e. The Hall–Kier alpha value is -2.34. The summed E-state index contributed by atoms with van der Waals surface area (Å²) in [6.07, 6.45) is 1.92. The number of hydrogen-bond acceptors (Lipinski definition) is 8. The molecule has 2 aliphatic heterocycles. The van der Waals surface area contributed by atoms with Crippen LogP contribution in [-0.4, -0.2) is 74.3 Å². The first-order chi connectivity index (χ1) is 14.0. The van der Waals surface area contributed by atoms with Crippen molar-refractivity contribution in [3.05, 3.63) is 30.2 Å². The molecule has 1 aromatic heterocycles. The maximum absolute atomic E-state index is 12.7. The molecule has 10 nitrogen and oxygen atoms in total. The number of ether oxygens (including phenoxy) is 2. The Labute approximate surface area is 168 Å². The predicted octanol–water partition coefficient (Wildman–Crippen LogP) is 0.666. The molecule has 156 valence electrons. The maximum Gasteiger partial charge on any atom is 0.316 e. The van der Waals surface area contributed by atoms with Gasteiger partial charge in [0.2, 0.25) is 15.8 Å². The van der Waals surface area contributed by atoms with Gasteiger partial charge in [0.15, 0.2) is 0 Å². The van der Waals surface area contributed by atoms with Crippen molar-refractivity contribution < 1.29 is 27.2 Å². The fourth-order valence-electron chi connectivity index (χ4n) is 3.23. The number of benzene rings is 1. The Kier molecular flexibility index (Phi) is 5.90. The van der Waals surface area contributed by atoms with Crippen molar-refractivity contribution in [2.24, 2.45) is 0 Å². The van der Waals surface area contributed by atoms with E-state index in [9.17, 15) is 13.2 Å². The monoisotopic (exact) mass is 422 g/mol. The Balaban J connectivity index is 1.42. The summed E-state index contributed by atoms with van der Waals surface area (Å²) in [5.74, 6) is -0.406. The van der Waals surface area contributed by atoms with E-state index in [2.05, 4.69) is 15.5 Å². The fourth-order valence-corrected chi connectivity index (χ4v) is 4.64. The normalized spacial score (nSPS) is 20.6. The zero-order valence-corrected chi connectivity index (χ0v) is 16.6. The van der Waals surface area contributed by atoms with Crippen LogP contribution in [0.1, 0.15) is 23.5 Å². The lowest BCUT2D eigenvalue weighted by Gasteiger charge is -2.26. The van der Waals surface area contributed by atoms with Crippen LogP contribution in [0.25, 0.3) is 11.4 Å². The van der Waals surface area contributed by atoms with E-state index in [0.717, 1.165) is 12.8 Å². The number of amides is 1. The molecule has 2 aliphatic rings. The first-order valence-electron chi connectivity index (χ1n) is 9.46. The molecular weight excluding hydrogens is 400 g/mol. The van der Waals surface area contributed by atoms with E-state index >= 15 is 0 Å². The van der Waals surface area contributed by atoms with Crippen molar-refractivity contribution in [2.45, 2.75) is 23.8 Å². The van der Waals surface area contributed by atoms with Gasteiger partial charge in [-0.15, -0.1) is 0 Å². The lowest BCUT2D eigenvalue weighted by atomic mass is 10.2. The van der Waals surface area contributed by atoms with E-state index in [-0.39, 0.29) is 22.7 Å². The van der Waals surface area contributed by atoms with Gasteiger partial charge in [-0.25, -0.2) is 8.42 Å². The minimum atomic E-state index is -3.57. The average Bonchev–Trinajstić information content (AvgIpc) is 3.45. The molecule has 2 fully saturated rings. The van der Waals surface area contributed by atoms with Gasteiger partial charge in [0.05, 0.1) is 24.2 Å². The summed E-state index contributed by atoms with van der Waals surface area (Å²) in [5, 5.41) is 6.53. The van der Waals surface area contributed by atoms with Gasteiger partial charge in [-0.2, -0.15) is 9.29 Å². The number of carbonyl (C=O) groups excluding carboxylic acids is 1. The van der Waals surface area contributed by atoms with Gasteiger partial charge in [-0.05, 0) is 37.1 Å². The molecule has 0 saturated carbocycles. The van der Waals surface area contributed by atoms with E-state index < -0.39 is 15.9 Å². The van der Waals surface area contributed by atoms with E-state index in [0.29, 0.717) is 45.0 Å². The Morgan fingerprint density at radius 2 is 1.93 bits per heavy atom. The number of nitrogens with one attached hydrogen (secondary N) is 1. The molecule has 0 spiro atoms. The first-order valence-corrected chi connectivity index (χ1v) is 10.9. The zero-order valence-electron chi connectivity index (χ0n) is 15.7. The molecule has 2 aromatic rings. The third kappa shape index (κ3) is 4.47. The SMILES string of the molecule is O=C(NC[C@H]1CCCO1)c1nc(-c2ccc(S(=O)(=O)N3CCOCC3)cc2)no1. The Morgan fingerprint density at radius 3 is 2.62 bits per heavy atom. The molecule has 0 radical (unpaired) electrons. The van der Waals surface area contributed by atoms with Gasteiger partial charge in [-0.1, -0.05) is 5.16 Å². The molecule has 1 aromatic carbocycles. The minimum Gasteiger partial charge on any atom is -0.379 e. The van der Waals surface area contributed by atoms with Crippen LogP contribution >= 0.6 is 0 Å². The van der Waals surface area contributed by atoms with Crippen LogP contribution in [0, 0.1) is 0 Å². The summed E-state index contributed by atoms with van der Waals surface area (Å²) < 4.78 is 42.4. The highest BCUT2D eigenvalue weighted by molar-refractivity contribution is 7.89. The molecule has 4 rings (SSSR count). The van der Waals surface area contributed by atoms with Crippen LogP contribution in [0.4, 0.5) is 0 Å². The van der Waals surface area contributed by atoms with Gasteiger partial charge < -0.3 is 19.3 Å². The second kappa shape index (κ2) is 8.57. The second-order valence-corrected chi connectivity index (χ2v) is 8.75. The highest BCUT2D eigenvalue weighted by Gasteiger charge is 2.26. The highest BCUT2D eigenvalue weighted by atomic mass is 32.2. The summed E-state index contributed by atoms with van der Waals surface area (Å²) >= 11 is 0.